The van der Waals surface area contributed by atoms with Gasteiger partial charge in [0.05, 0.1) is 18.0 Å². The smallest absolute Gasteiger partial charge is 0.250 e. The van der Waals surface area contributed by atoms with Crippen molar-refractivity contribution in [2.45, 2.75) is 13.0 Å². The van der Waals surface area contributed by atoms with Gasteiger partial charge in [-0.05, 0) is 35.8 Å². The summed E-state index contributed by atoms with van der Waals surface area (Å²) in [5.41, 5.74) is 2.51. The summed E-state index contributed by atoms with van der Waals surface area (Å²) in [6.07, 6.45) is 5.24. The van der Waals surface area contributed by atoms with Crippen LogP contribution in [0.25, 0.3) is 6.08 Å². The Bertz CT molecular complexity index is 1150. The fourth-order valence-electron chi connectivity index (χ4n) is 3.20. The Kier molecular flexibility index (Phi) is 5.62. The van der Waals surface area contributed by atoms with Crippen molar-refractivity contribution in [2.75, 3.05) is 21.9 Å². The Hall–Kier alpha value is -3.46. The summed E-state index contributed by atoms with van der Waals surface area (Å²) in [6, 6.07) is 16.9. The number of nitrogens with zero attached hydrogens (tertiary/aromatic N) is 4. The van der Waals surface area contributed by atoms with Crippen molar-refractivity contribution in [2.24, 2.45) is 0 Å². The minimum atomic E-state index is -3.20. The van der Waals surface area contributed by atoms with Gasteiger partial charge in [0.25, 0.3) is 5.91 Å². The predicted molar refractivity (Wildman–Crippen MR) is 115 cm³/mol. The van der Waals surface area contributed by atoms with E-state index in [4.69, 9.17) is 0 Å². The molecule has 1 N–H and O–H groups in total. The Morgan fingerprint density at radius 3 is 2.57 bits per heavy atom. The zero-order chi connectivity index (χ0) is 21.0. The Morgan fingerprint density at radius 2 is 1.87 bits per heavy atom. The predicted octanol–water partition coefficient (Wildman–Crippen LogP) is 2.52. The molecule has 3 aromatic rings. The maximum Gasteiger partial charge on any atom is 0.250 e. The van der Waals surface area contributed by atoms with Gasteiger partial charge in [0.2, 0.25) is 16.0 Å². The van der Waals surface area contributed by atoms with E-state index in [9.17, 15) is 13.2 Å². The van der Waals surface area contributed by atoms with Crippen LogP contribution in [0.15, 0.2) is 67.0 Å². The highest BCUT2D eigenvalue weighted by molar-refractivity contribution is 7.93. The Morgan fingerprint density at radius 1 is 1.10 bits per heavy atom. The quantitative estimate of drug-likeness (QED) is 0.615. The van der Waals surface area contributed by atoms with Crippen LogP contribution >= 0.6 is 0 Å². The van der Waals surface area contributed by atoms with Gasteiger partial charge in [-0.3, -0.25) is 14.4 Å². The van der Waals surface area contributed by atoms with Crippen molar-refractivity contribution in [3.8, 4) is 0 Å². The first-order valence-electron chi connectivity index (χ1n) is 9.52. The average molecular weight is 423 g/mol. The van der Waals surface area contributed by atoms with Crippen molar-refractivity contribution in [1.29, 1.82) is 0 Å². The maximum atomic E-state index is 12.1. The van der Waals surface area contributed by atoms with Gasteiger partial charge in [-0.15, -0.1) is 5.10 Å². The standard InChI is InChI=1S/C21H21N5O3S/c27-20(23-21-22-16-25(24-21)15-18-5-2-1-3-6-18)12-9-17-7-10-19(11-8-17)26-13-4-14-30(26,28)29/h1-3,5-12,16H,4,13-15H2,(H,23,24,27)/b12-9+. The zero-order valence-electron chi connectivity index (χ0n) is 16.2. The summed E-state index contributed by atoms with van der Waals surface area (Å²) in [5, 5.41) is 6.88. The molecule has 9 heteroatoms. The molecule has 1 aliphatic heterocycles. The lowest BCUT2D eigenvalue weighted by molar-refractivity contribution is -0.111. The molecule has 0 bridgehead atoms. The number of carbonyl (C=O) groups is 1. The molecule has 4 rings (SSSR count). The molecule has 0 spiro atoms. The van der Waals surface area contributed by atoms with Crippen LogP contribution in [0.4, 0.5) is 11.6 Å². The second-order valence-corrected chi connectivity index (χ2v) is 8.92. The third-order valence-electron chi connectivity index (χ3n) is 4.67. The SMILES string of the molecule is O=C(/C=C/c1ccc(N2CCCS2(=O)=O)cc1)Nc1ncn(Cc2ccccc2)n1. The number of hydrogen-bond acceptors (Lipinski definition) is 5. The molecule has 1 fully saturated rings. The molecule has 1 saturated heterocycles. The number of rotatable bonds is 6. The van der Waals surface area contributed by atoms with Crippen LogP contribution in [-0.2, 0) is 21.4 Å². The normalized spacial score (nSPS) is 15.5. The van der Waals surface area contributed by atoms with Crippen LogP contribution in [-0.4, -0.2) is 41.4 Å². The number of aromatic nitrogens is 3. The number of nitrogens with one attached hydrogen (secondary N) is 1. The molecule has 0 radical (unpaired) electrons. The molecular weight excluding hydrogens is 402 g/mol. The molecule has 8 nitrogen and oxygen atoms in total. The molecule has 1 aromatic heterocycles. The Labute approximate surface area is 174 Å². The van der Waals surface area contributed by atoms with Gasteiger partial charge in [-0.25, -0.2) is 18.1 Å². The minimum absolute atomic E-state index is 0.184. The van der Waals surface area contributed by atoms with Gasteiger partial charge in [-0.2, -0.15) is 0 Å². The van der Waals surface area contributed by atoms with E-state index < -0.39 is 10.0 Å². The van der Waals surface area contributed by atoms with Crippen LogP contribution < -0.4 is 9.62 Å². The molecule has 0 saturated carbocycles. The topological polar surface area (TPSA) is 97.2 Å². The number of amides is 1. The molecule has 30 heavy (non-hydrogen) atoms. The number of hydrogen-bond donors (Lipinski definition) is 1. The molecule has 2 aromatic carbocycles. The largest absolute Gasteiger partial charge is 0.290 e. The monoisotopic (exact) mass is 423 g/mol. The highest BCUT2D eigenvalue weighted by Crippen LogP contribution is 2.24. The fourth-order valence-corrected chi connectivity index (χ4v) is 4.77. The van der Waals surface area contributed by atoms with E-state index in [1.54, 1.807) is 41.4 Å². The molecule has 1 aliphatic rings. The van der Waals surface area contributed by atoms with Crippen LogP contribution in [0.1, 0.15) is 17.5 Å². The number of benzene rings is 2. The lowest BCUT2D eigenvalue weighted by Gasteiger charge is -2.16. The van der Waals surface area contributed by atoms with Gasteiger partial charge < -0.3 is 0 Å². The van der Waals surface area contributed by atoms with Crippen molar-refractivity contribution < 1.29 is 13.2 Å². The maximum absolute atomic E-state index is 12.1. The molecule has 0 unspecified atom stereocenters. The highest BCUT2D eigenvalue weighted by atomic mass is 32.2. The summed E-state index contributed by atoms with van der Waals surface area (Å²) >= 11 is 0. The van der Waals surface area contributed by atoms with E-state index in [1.165, 1.54) is 10.4 Å². The van der Waals surface area contributed by atoms with Gasteiger partial charge in [0, 0.05) is 12.6 Å². The second kappa shape index (κ2) is 8.50. The van der Waals surface area contributed by atoms with E-state index in [2.05, 4.69) is 15.4 Å². The van der Waals surface area contributed by atoms with Crippen molar-refractivity contribution in [1.82, 2.24) is 14.8 Å². The fraction of sp³-hybridized carbons (Fsp3) is 0.190. The first-order chi connectivity index (χ1) is 14.5. The first-order valence-corrected chi connectivity index (χ1v) is 11.1. The highest BCUT2D eigenvalue weighted by Gasteiger charge is 2.28. The molecule has 2 heterocycles. The van der Waals surface area contributed by atoms with Gasteiger partial charge in [0.1, 0.15) is 6.33 Å². The number of anilines is 2. The molecule has 0 aliphatic carbocycles. The number of carbonyl (C=O) groups excluding carboxylic acids is 1. The van der Waals surface area contributed by atoms with Crippen LogP contribution in [0.5, 0.6) is 0 Å². The summed E-state index contributed by atoms with van der Waals surface area (Å²) in [4.78, 5) is 16.2. The summed E-state index contributed by atoms with van der Waals surface area (Å²) in [6.45, 7) is 1.07. The summed E-state index contributed by atoms with van der Waals surface area (Å²) < 4.78 is 27.0. The van der Waals surface area contributed by atoms with Crippen LogP contribution in [0.2, 0.25) is 0 Å². The zero-order valence-corrected chi connectivity index (χ0v) is 17.0. The van der Waals surface area contributed by atoms with Crippen LogP contribution in [0.3, 0.4) is 0 Å². The first kappa shape index (κ1) is 19.8. The Balaban J connectivity index is 1.34. The molecule has 154 valence electrons. The van der Waals surface area contributed by atoms with Gasteiger partial charge in [-0.1, -0.05) is 42.5 Å². The third kappa shape index (κ3) is 4.74. The lowest BCUT2D eigenvalue weighted by Crippen LogP contribution is -2.24. The lowest BCUT2D eigenvalue weighted by atomic mass is 10.2. The summed E-state index contributed by atoms with van der Waals surface area (Å²) in [5.74, 6) is 0.0677. The van der Waals surface area contributed by atoms with Crippen molar-refractivity contribution >= 4 is 33.6 Å². The van der Waals surface area contributed by atoms with E-state index in [-0.39, 0.29) is 17.6 Å². The molecule has 0 atom stereocenters. The summed E-state index contributed by atoms with van der Waals surface area (Å²) in [7, 11) is -3.20. The van der Waals surface area contributed by atoms with Crippen molar-refractivity contribution in [3.05, 3.63) is 78.1 Å². The van der Waals surface area contributed by atoms with E-state index in [1.807, 2.05) is 30.3 Å². The molecule has 1 amide bonds. The van der Waals surface area contributed by atoms with E-state index in [0.29, 0.717) is 25.2 Å². The minimum Gasteiger partial charge on any atom is -0.290 e. The average Bonchev–Trinajstić information content (AvgIpc) is 3.32. The van der Waals surface area contributed by atoms with Crippen LogP contribution in [0, 0.1) is 0 Å². The van der Waals surface area contributed by atoms with Gasteiger partial charge in [0.15, 0.2) is 0 Å². The number of sulfonamides is 1. The third-order valence-corrected chi connectivity index (χ3v) is 6.54. The van der Waals surface area contributed by atoms with Gasteiger partial charge >= 0.3 is 0 Å². The van der Waals surface area contributed by atoms with E-state index in [0.717, 1.165) is 11.1 Å². The van der Waals surface area contributed by atoms with Crippen molar-refractivity contribution in [3.63, 3.8) is 0 Å². The molecular formula is C21H21N5O3S. The van der Waals surface area contributed by atoms with E-state index >= 15 is 0 Å². The second-order valence-electron chi connectivity index (χ2n) is 6.91.